The minimum atomic E-state index is 0.705. The molecular formula is C16H21N3S. The molecule has 0 aliphatic carbocycles. The number of pyridine rings is 1. The minimum Gasteiger partial charge on any atom is -0.373 e. The molecule has 1 N–H and O–H groups in total. The van der Waals surface area contributed by atoms with E-state index in [2.05, 4.69) is 53.3 Å². The Morgan fingerprint density at radius 3 is 3.00 bits per heavy atom. The maximum atomic E-state index is 4.73. The van der Waals surface area contributed by atoms with Gasteiger partial charge in [0.25, 0.3) is 0 Å². The lowest BCUT2D eigenvalue weighted by Crippen LogP contribution is -2.31. The first kappa shape index (κ1) is 13.7. The second kappa shape index (κ2) is 6.02. The van der Waals surface area contributed by atoms with Crippen LogP contribution in [0.2, 0.25) is 0 Å². The summed E-state index contributed by atoms with van der Waals surface area (Å²) in [7, 11) is 4.18. The number of para-hydroxylation sites is 1. The van der Waals surface area contributed by atoms with Crippen molar-refractivity contribution in [1.82, 2.24) is 9.88 Å². The van der Waals surface area contributed by atoms with Gasteiger partial charge in [-0.05, 0) is 31.4 Å². The molecule has 3 rings (SSSR count). The van der Waals surface area contributed by atoms with Gasteiger partial charge >= 0.3 is 0 Å². The molecule has 1 aromatic carbocycles. The zero-order valence-electron chi connectivity index (χ0n) is 12.1. The van der Waals surface area contributed by atoms with E-state index in [1.807, 2.05) is 13.1 Å². The van der Waals surface area contributed by atoms with Gasteiger partial charge in [-0.3, -0.25) is 4.90 Å². The van der Waals surface area contributed by atoms with Crippen LogP contribution in [0.15, 0.2) is 30.3 Å². The number of nitrogens with zero attached hydrogens (tertiary/aromatic N) is 2. The van der Waals surface area contributed by atoms with Gasteiger partial charge in [0.05, 0.1) is 5.52 Å². The van der Waals surface area contributed by atoms with Crippen LogP contribution in [0.1, 0.15) is 12.0 Å². The van der Waals surface area contributed by atoms with Crippen molar-refractivity contribution in [2.75, 3.05) is 30.9 Å². The highest BCUT2D eigenvalue weighted by atomic mass is 32.2. The number of hydrogen-bond donors (Lipinski definition) is 1. The maximum absolute atomic E-state index is 4.73. The van der Waals surface area contributed by atoms with E-state index in [1.54, 1.807) is 0 Å². The van der Waals surface area contributed by atoms with Crippen LogP contribution in [0.5, 0.6) is 0 Å². The van der Waals surface area contributed by atoms with Crippen molar-refractivity contribution in [3.05, 3.63) is 35.9 Å². The van der Waals surface area contributed by atoms with E-state index < -0.39 is 0 Å². The third-order valence-corrected chi connectivity index (χ3v) is 5.13. The van der Waals surface area contributed by atoms with Crippen molar-refractivity contribution in [2.24, 2.45) is 0 Å². The molecule has 0 saturated carbocycles. The number of fused-ring (bicyclic) bond motifs is 1. The van der Waals surface area contributed by atoms with Crippen LogP contribution in [0, 0.1) is 0 Å². The summed E-state index contributed by atoms with van der Waals surface area (Å²) in [6, 6.07) is 11.3. The molecule has 0 bridgehead atoms. The van der Waals surface area contributed by atoms with E-state index in [4.69, 9.17) is 4.98 Å². The lowest BCUT2D eigenvalue weighted by Gasteiger charge is -2.24. The highest BCUT2D eigenvalue weighted by molar-refractivity contribution is 7.99. The molecule has 1 fully saturated rings. The Labute approximate surface area is 124 Å². The molecule has 1 unspecified atom stereocenters. The van der Waals surface area contributed by atoms with Crippen LogP contribution in [-0.2, 0) is 6.54 Å². The fourth-order valence-electron chi connectivity index (χ4n) is 2.76. The second-order valence-corrected chi connectivity index (χ2v) is 6.52. The molecule has 2 heterocycles. The Balaban J connectivity index is 1.88. The smallest absolute Gasteiger partial charge is 0.130 e. The molecule has 1 aromatic heterocycles. The van der Waals surface area contributed by atoms with E-state index in [9.17, 15) is 0 Å². The Morgan fingerprint density at radius 1 is 1.40 bits per heavy atom. The standard InChI is InChI=1S/C16H21N3S/c1-17-16-13(10-19(2)14-7-8-20-11-14)9-12-5-3-4-6-15(12)18-16/h3-6,9,14H,7-8,10-11H2,1-2H3,(H,17,18). The first-order chi connectivity index (χ1) is 9.78. The third-order valence-electron chi connectivity index (χ3n) is 3.99. The average Bonchev–Trinajstić information content (AvgIpc) is 3.01. The van der Waals surface area contributed by atoms with Crippen LogP contribution >= 0.6 is 11.8 Å². The fraction of sp³-hybridized carbons (Fsp3) is 0.438. The number of rotatable bonds is 4. The van der Waals surface area contributed by atoms with Crippen molar-refractivity contribution in [2.45, 2.75) is 19.0 Å². The van der Waals surface area contributed by atoms with Crippen molar-refractivity contribution >= 4 is 28.5 Å². The molecule has 4 heteroatoms. The van der Waals surface area contributed by atoms with Crippen LogP contribution in [0.4, 0.5) is 5.82 Å². The van der Waals surface area contributed by atoms with Crippen molar-refractivity contribution < 1.29 is 0 Å². The highest BCUT2D eigenvalue weighted by Gasteiger charge is 2.21. The average molecular weight is 287 g/mol. The molecular weight excluding hydrogens is 266 g/mol. The number of benzene rings is 1. The predicted molar refractivity (Wildman–Crippen MR) is 88.5 cm³/mol. The van der Waals surface area contributed by atoms with Crippen LogP contribution in [0.25, 0.3) is 10.9 Å². The van der Waals surface area contributed by atoms with Crippen LogP contribution in [-0.4, -0.2) is 41.5 Å². The first-order valence-electron chi connectivity index (χ1n) is 7.12. The van der Waals surface area contributed by atoms with E-state index >= 15 is 0 Å². The topological polar surface area (TPSA) is 28.2 Å². The van der Waals surface area contributed by atoms with Gasteiger partial charge in [-0.1, -0.05) is 18.2 Å². The number of nitrogens with one attached hydrogen (secondary N) is 1. The Bertz CT molecular complexity index is 593. The number of hydrogen-bond acceptors (Lipinski definition) is 4. The second-order valence-electron chi connectivity index (χ2n) is 5.37. The predicted octanol–water partition coefficient (Wildman–Crippen LogP) is 3.21. The maximum Gasteiger partial charge on any atom is 0.130 e. The molecule has 0 amide bonds. The quantitative estimate of drug-likeness (QED) is 0.934. The summed E-state index contributed by atoms with van der Waals surface area (Å²) >= 11 is 2.06. The third kappa shape index (κ3) is 2.76. The molecule has 1 aliphatic rings. The molecule has 1 atom stereocenters. The Morgan fingerprint density at radius 2 is 2.25 bits per heavy atom. The van der Waals surface area contributed by atoms with Gasteiger partial charge in [0.15, 0.2) is 0 Å². The van der Waals surface area contributed by atoms with E-state index in [0.717, 1.165) is 17.9 Å². The van der Waals surface area contributed by atoms with Crippen LogP contribution in [0.3, 0.4) is 0 Å². The summed E-state index contributed by atoms with van der Waals surface area (Å²) in [6.07, 6.45) is 1.30. The molecule has 20 heavy (non-hydrogen) atoms. The van der Waals surface area contributed by atoms with E-state index in [1.165, 1.54) is 28.9 Å². The number of thioether (sulfide) groups is 1. The summed E-state index contributed by atoms with van der Waals surface area (Å²) < 4.78 is 0. The molecule has 2 aromatic rings. The highest BCUT2D eigenvalue weighted by Crippen LogP contribution is 2.25. The van der Waals surface area contributed by atoms with E-state index in [-0.39, 0.29) is 0 Å². The van der Waals surface area contributed by atoms with Gasteiger partial charge < -0.3 is 5.32 Å². The van der Waals surface area contributed by atoms with Gasteiger partial charge in [-0.2, -0.15) is 11.8 Å². The Hall–Kier alpha value is -1.26. The lowest BCUT2D eigenvalue weighted by atomic mass is 10.1. The minimum absolute atomic E-state index is 0.705. The number of anilines is 1. The van der Waals surface area contributed by atoms with Gasteiger partial charge in [0, 0.05) is 36.3 Å². The Kier molecular flexibility index (Phi) is 4.13. The van der Waals surface area contributed by atoms with Crippen molar-refractivity contribution in [3.8, 4) is 0 Å². The summed E-state index contributed by atoms with van der Waals surface area (Å²) in [4.78, 5) is 7.20. The van der Waals surface area contributed by atoms with Crippen molar-refractivity contribution in [3.63, 3.8) is 0 Å². The van der Waals surface area contributed by atoms with Crippen molar-refractivity contribution in [1.29, 1.82) is 0 Å². The molecule has 1 saturated heterocycles. The molecule has 1 aliphatic heterocycles. The van der Waals surface area contributed by atoms with Crippen LogP contribution < -0.4 is 5.32 Å². The monoisotopic (exact) mass is 287 g/mol. The van der Waals surface area contributed by atoms with Gasteiger partial charge in [0.2, 0.25) is 0 Å². The summed E-state index contributed by atoms with van der Waals surface area (Å²) in [5.74, 6) is 3.55. The number of aromatic nitrogens is 1. The fourth-order valence-corrected chi connectivity index (χ4v) is 4.06. The van der Waals surface area contributed by atoms with Gasteiger partial charge in [-0.15, -0.1) is 0 Å². The normalized spacial score (nSPS) is 18.9. The first-order valence-corrected chi connectivity index (χ1v) is 8.28. The zero-order chi connectivity index (χ0) is 13.9. The summed E-state index contributed by atoms with van der Waals surface area (Å²) in [5, 5.41) is 4.46. The molecule has 106 valence electrons. The lowest BCUT2D eigenvalue weighted by molar-refractivity contribution is 0.254. The largest absolute Gasteiger partial charge is 0.373 e. The summed E-state index contributed by atoms with van der Waals surface area (Å²) in [6.45, 7) is 0.958. The van der Waals surface area contributed by atoms with Gasteiger partial charge in [-0.25, -0.2) is 4.98 Å². The van der Waals surface area contributed by atoms with Gasteiger partial charge in [0.1, 0.15) is 5.82 Å². The zero-order valence-corrected chi connectivity index (χ0v) is 12.9. The molecule has 3 nitrogen and oxygen atoms in total. The SMILES string of the molecule is CNc1nc2ccccc2cc1CN(C)C1CCSC1. The summed E-state index contributed by atoms with van der Waals surface area (Å²) in [5.41, 5.74) is 2.34. The molecule has 0 radical (unpaired) electrons. The van der Waals surface area contributed by atoms with E-state index in [0.29, 0.717) is 6.04 Å². The molecule has 0 spiro atoms.